The van der Waals surface area contributed by atoms with E-state index in [1.165, 1.54) is 0 Å². The molecular formula is C22H23ClN6O2. The maximum Gasteiger partial charge on any atom is 0.270 e. The van der Waals surface area contributed by atoms with Gasteiger partial charge in [0, 0.05) is 45.0 Å². The fourth-order valence-corrected chi connectivity index (χ4v) is 3.96. The Balaban J connectivity index is 1.18. The Kier molecular flexibility index (Phi) is 5.33. The number of nitrogens with one attached hydrogen (secondary N) is 2. The van der Waals surface area contributed by atoms with Gasteiger partial charge in [-0.2, -0.15) is 0 Å². The summed E-state index contributed by atoms with van der Waals surface area (Å²) in [6.45, 7) is 4.32. The molecule has 3 aromatic rings. The number of aromatic nitrogens is 3. The summed E-state index contributed by atoms with van der Waals surface area (Å²) in [5.41, 5.74) is 3.63. The smallest absolute Gasteiger partial charge is 0.270 e. The Hall–Kier alpha value is -2.97. The van der Waals surface area contributed by atoms with Crippen molar-refractivity contribution in [3.63, 3.8) is 0 Å². The topological polar surface area (TPSA) is 94.2 Å². The van der Waals surface area contributed by atoms with Crippen LogP contribution < -0.4 is 15.8 Å². The van der Waals surface area contributed by atoms with Gasteiger partial charge in [-0.3, -0.25) is 19.5 Å². The van der Waals surface area contributed by atoms with Crippen molar-refractivity contribution < 1.29 is 4.79 Å². The van der Waals surface area contributed by atoms with Crippen molar-refractivity contribution in [1.29, 1.82) is 0 Å². The second kappa shape index (κ2) is 8.28. The summed E-state index contributed by atoms with van der Waals surface area (Å²) >= 11 is 5.87. The third-order valence-electron chi connectivity index (χ3n) is 5.74. The SMILES string of the molecule is O=C(NC1CC1)c1ccc(N2CCN(Cc3cnc4cc(Cl)c(=O)[nH]c4c3)CC2)cn1. The quantitative estimate of drug-likeness (QED) is 0.634. The summed E-state index contributed by atoms with van der Waals surface area (Å²) < 4.78 is 0. The molecule has 160 valence electrons. The molecule has 0 spiro atoms. The Labute approximate surface area is 184 Å². The number of hydrogen-bond donors (Lipinski definition) is 2. The minimum absolute atomic E-state index is 0.0912. The number of hydrogen-bond acceptors (Lipinski definition) is 6. The molecule has 4 heterocycles. The highest BCUT2D eigenvalue weighted by molar-refractivity contribution is 6.30. The van der Waals surface area contributed by atoms with Crippen molar-refractivity contribution in [2.24, 2.45) is 0 Å². The maximum absolute atomic E-state index is 12.1. The molecule has 1 aliphatic carbocycles. The highest BCUT2D eigenvalue weighted by Gasteiger charge is 2.24. The zero-order chi connectivity index (χ0) is 21.4. The molecule has 1 saturated carbocycles. The predicted molar refractivity (Wildman–Crippen MR) is 120 cm³/mol. The summed E-state index contributed by atoms with van der Waals surface area (Å²) in [5, 5.41) is 3.11. The van der Waals surface area contributed by atoms with Crippen LogP contribution in [0.3, 0.4) is 0 Å². The van der Waals surface area contributed by atoms with Gasteiger partial charge in [0.05, 0.1) is 22.9 Å². The number of carbonyl (C=O) groups is 1. The van der Waals surface area contributed by atoms with E-state index < -0.39 is 0 Å². The number of halogens is 1. The molecule has 0 radical (unpaired) electrons. The van der Waals surface area contributed by atoms with Gasteiger partial charge in [-0.1, -0.05) is 11.6 Å². The van der Waals surface area contributed by atoms with Crippen LogP contribution in [0.25, 0.3) is 11.0 Å². The number of pyridine rings is 3. The van der Waals surface area contributed by atoms with E-state index >= 15 is 0 Å². The molecule has 1 amide bonds. The van der Waals surface area contributed by atoms with Gasteiger partial charge in [0.25, 0.3) is 11.5 Å². The highest BCUT2D eigenvalue weighted by atomic mass is 35.5. The standard InChI is InChI=1S/C22H23ClN6O2/c23-17-10-19-20(27-21(17)30)9-14(11-24-19)13-28-5-7-29(8-6-28)16-3-4-18(25-12-16)22(31)26-15-1-2-15/h3-4,9-12,15H,1-2,5-8,13H2,(H,26,31)(H,27,30). The summed E-state index contributed by atoms with van der Waals surface area (Å²) in [5.74, 6) is -0.0912. The first-order valence-electron chi connectivity index (χ1n) is 10.5. The first kappa shape index (κ1) is 20.0. The van der Waals surface area contributed by atoms with E-state index in [9.17, 15) is 9.59 Å². The van der Waals surface area contributed by atoms with Crippen molar-refractivity contribution in [2.75, 3.05) is 31.1 Å². The Morgan fingerprint density at radius 1 is 1.13 bits per heavy atom. The highest BCUT2D eigenvalue weighted by Crippen LogP contribution is 2.21. The minimum Gasteiger partial charge on any atom is -0.368 e. The van der Waals surface area contributed by atoms with Crippen LogP contribution in [-0.4, -0.2) is 58.0 Å². The lowest BCUT2D eigenvalue weighted by atomic mass is 10.2. The summed E-state index contributed by atoms with van der Waals surface area (Å²) in [6.07, 6.45) is 5.75. The van der Waals surface area contributed by atoms with E-state index in [0.29, 0.717) is 22.8 Å². The second-order valence-electron chi connectivity index (χ2n) is 8.14. The number of carbonyl (C=O) groups excluding carboxylic acids is 1. The number of rotatable bonds is 5. The van der Waals surface area contributed by atoms with Crippen LogP contribution in [0.1, 0.15) is 28.9 Å². The van der Waals surface area contributed by atoms with Crippen molar-refractivity contribution in [3.05, 3.63) is 63.3 Å². The van der Waals surface area contributed by atoms with Crippen LogP contribution >= 0.6 is 11.6 Å². The lowest BCUT2D eigenvalue weighted by molar-refractivity contribution is 0.0946. The summed E-state index contributed by atoms with van der Waals surface area (Å²) in [6, 6.07) is 7.65. The largest absolute Gasteiger partial charge is 0.368 e. The molecule has 1 aliphatic heterocycles. The van der Waals surface area contributed by atoms with Crippen LogP contribution in [-0.2, 0) is 6.54 Å². The van der Waals surface area contributed by atoms with Crippen molar-refractivity contribution in [1.82, 2.24) is 25.2 Å². The van der Waals surface area contributed by atoms with Gasteiger partial charge in [0.15, 0.2) is 0 Å². The number of amides is 1. The Bertz CT molecular complexity index is 1170. The van der Waals surface area contributed by atoms with E-state index in [1.54, 1.807) is 18.3 Å². The van der Waals surface area contributed by atoms with Crippen LogP contribution in [0, 0.1) is 0 Å². The Morgan fingerprint density at radius 3 is 2.65 bits per heavy atom. The molecule has 9 heteroatoms. The molecule has 0 bridgehead atoms. The number of H-pyrrole nitrogens is 1. The molecule has 0 aromatic carbocycles. The number of nitrogens with zero attached hydrogens (tertiary/aromatic N) is 4. The van der Waals surface area contributed by atoms with Gasteiger partial charge in [-0.05, 0) is 42.7 Å². The third-order valence-corrected chi connectivity index (χ3v) is 6.02. The molecule has 3 aromatic heterocycles. The molecular weight excluding hydrogens is 416 g/mol. The second-order valence-corrected chi connectivity index (χ2v) is 8.54. The van der Waals surface area contributed by atoms with Crippen LogP contribution in [0.15, 0.2) is 41.5 Å². The van der Waals surface area contributed by atoms with E-state index in [-0.39, 0.29) is 16.5 Å². The molecule has 5 rings (SSSR count). The number of fused-ring (bicyclic) bond motifs is 1. The molecule has 0 unspecified atom stereocenters. The summed E-state index contributed by atoms with van der Waals surface area (Å²) in [7, 11) is 0. The van der Waals surface area contributed by atoms with Gasteiger partial charge in [0.2, 0.25) is 0 Å². The number of anilines is 1. The third kappa shape index (κ3) is 4.55. The lowest BCUT2D eigenvalue weighted by Crippen LogP contribution is -2.46. The van der Waals surface area contributed by atoms with Gasteiger partial charge >= 0.3 is 0 Å². The zero-order valence-corrected chi connectivity index (χ0v) is 17.7. The maximum atomic E-state index is 12.1. The van der Waals surface area contributed by atoms with Crippen molar-refractivity contribution in [3.8, 4) is 0 Å². The molecule has 0 atom stereocenters. The van der Waals surface area contributed by atoms with Gasteiger partial charge in [0.1, 0.15) is 10.7 Å². The fraction of sp³-hybridized carbons (Fsp3) is 0.364. The van der Waals surface area contributed by atoms with Gasteiger partial charge < -0.3 is 15.2 Å². The number of piperazine rings is 1. The minimum atomic E-state index is -0.300. The van der Waals surface area contributed by atoms with E-state index in [1.807, 2.05) is 18.3 Å². The molecule has 2 aliphatic rings. The van der Waals surface area contributed by atoms with E-state index in [2.05, 4.69) is 30.1 Å². The molecule has 8 nitrogen and oxygen atoms in total. The molecule has 2 fully saturated rings. The average Bonchev–Trinajstić information content (AvgIpc) is 3.59. The van der Waals surface area contributed by atoms with Gasteiger partial charge in [-0.25, -0.2) is 4.98 Å². The van der Waals surface area contributed by atoms with E-state index in [4.69, 9.17) is 11.6 Å². The monoisotopic (exact) mass is 438 g/mol. The number of aromatic amines is 1. The van der Waals surface area contributed by atoms with E-state index in [0.717, 1.165) is 56.8 Å². The molecule has 1 saturated heterocycles. The molecule has 2 N–H and O–H groups in total. The first-order valence-corrected chi connectivity index (χ1v) is 10.8. The van der Waals surface area contributed by atoms with Crippen LogP contribution in [0.2, 0.25) is 5.02 Å². The lowest BCUT2D eigenvalue weighted by Gasteiger charge is -2.36. The van der Waals surface area contributed by atoms with Crippen molar-refractivity contribution in [2.45, 2.75) is 25.4 Å². The van der Waals surface area contributed by atoms with Crippen LogP contribution in [0.4, 0.5) is 5.69 Å². The molecule has 31 heavy (non-hydrogen) atoms. The van der Waals surface area contributed by atoms with Gasteiger partial charge in [-0.15, -0.1) is 0 Å². The first-order chi connectivity index (χ1) is 15.0. The normalized spacial score (nSPS) is 17.1. The van der Waals surface area contributed by atoms with Crippen molar-refractivity contribution >= 4 is 34.2 Å². The fourth-order valence-electron chi connectivity index (χ4n) is 3.80. The zero-order valence-electron chi connectivity index (χ0n) is 17.0. The Morgan fingerprint density at radius 2 is 1.94 bits per heavy atom. The average molecular weight is 439 g/mol. The predicted octanol–water partition coefficient (Wildman–Crippen LogP) is 2.19. The van der Waals surface area contributed by atoms with Crippen LogP contribution in [0.5, 0.6) is 0 Å². The summed E-state index contributed by atoms with van der Waals surface area (Å²) in [4.78, 5) is 40.0.